The molecule has 0 aliphatic rings. The molecule has 0 amide bonds. The van der Waals surface area contributed by atoms with Gasteiger partial charge in [-0.1, -0.05) is 0 Å². The number of alkyl halides is 3. The number of nitrogens with one attached hydrogen (secondary N) is 1. The maximum absolute atomic E-state index is 12.0. The zero-order valence-electron chi connectivity index (χ0n) is 8.18. The zero-order valence-corrected chi connectivity index (χ0v) is 9.00. The largest absolute Gasteiger partial charge is 0.573 e. The van der Waals surface area contributed by atoms with E-state index in [2.05, 4.69) is 10.1 Å². The van der Waals surface area contributed by atoms with Crippen LogP contribution in [-0.4, -0.2) is 19.7 Å². The van der Waals surface area contributed by atoms with Gasteiger partial charge in [0.05, 0.1) is 4.90 Å². The fourth-order valence-electron chi connectivity index (χ4n) is 1.03. The summed E-state index contributed by atoms with van der Waals surface area (Å²) in [5.74, 6) is -0.172. The highest BCUT2D eigenvalue weighted by Gasteiger charge is 2.32. The van der Waals surface area contributed by atoms with Crippen molar-refractivity contribution >= 4 is 17.4 Å². The maximum atomic E-state index is 12.0. The van der Waals surface area contributed by atoms with Gasteiger partial charge in [0, 0.05) is 12.7 Å². The van der Waals surface area contributed by atoms with Crippen LogP contribution in [0, 0.1) is 0 Å². The van der Waals surface area contributed by atoms with Crippen molar-refractivity contribution in [3.8, 4) is 5.75 Å². The molecule has 0 bridgehead atoms. The molecule has 15 heavy (non-hydrogen) atoms. The van der Waals surface area contributed by atoms with Gasteiger partial charge < -0.3 is 10.1 Å². The number of thioether (sulfide) groups is 1. The van der Waals surface area contributed by atoms with Gasteiger partial charge in [-0.2, -0.15) is 0 Å². The van der Waals surface area contributed by atoms with E-state index in [-0.39, 0.29) is 5.75 Å². The van der Waals surface area contributed by atoms with Crippen molar-refractivity contribution in [1.82, 2.24) is 0 Å². The number of ether oxygens (including phenoxy) is 1. The van der Waals surface area contributed by atoms with Crippen LogP contribution in [-0.2, 0) is 0 Å². The van der Waals surface area contributed by atoms with Crippen LogP contribution < -0.4 is 10.1 Å². The van der Waals surface area contributed by atoms with Crippen molar-refractivity contribution in [3.63, 3.8) is 0 Å². The molecule has 1 N–H and O–H groups in total. The lowest BCUT2D eigenvalue weighted by Gasteiger charge is -2.13. The molecule has 0 aromatic heterocycles. The van der Waals surface area contributed by atoms with E-state index < -0.39 is 6.36 Å². The normalized spacial score (nSPS) is 11.3. The molecular weight excluding hydrogens is 227 g/mol. The number of hydrogen-bond acceptors (Lipinski definition) is 3. The standard InChI is InChI=1S/C9H10F3NOS/c1-13-6-3-4-7(8(5-6)15-2)14-9(10,11)12/h3-5,13H,1-2H3. The van der Waals surface area contributed by atoms with E-state index in [4.69, 9.17) is 0 Å². The lowest BCUT2D eigenvalue weighted by molar-refractivity contribution is -0.275. The van der Waals surface area contributed by atoms with Gasteiger partial charge in [-0.15, -0.1) is 24.9 Å². The van der Waals surface area contributed by atoms with Crippen molar-refractivity contribution in [3.05, 3.63) is 18.2 Å². The molecule has 0 unspecified atom stereocenters. The average molecular weight is 237 g/mol. The summed E-state index contributed by atoms with van der Waals surface area (Å²) in [6, 6.07) is 4.43. The van der Waals surface area contributed by atoms with Crippen LogP contribution in [0.25, 0.3) is 0 Å². The van der Waals surface area contributed by atoms with Gasteiger partial charge in [-0.05, 0) is 24.5 Å². The molecule has 1 aromatic carbocycles. The molecule has 0 saturated carbocycles. The number of anilines is 1. The van der Waals surface area contributed by atoms with E-state index in [1.54, 1.807) is 19.4 Å². The molecule has 0 fully saturated rings. The highest BCUT2D eigenvalue weighted by atomic mass is 32.2. The van der Waals surface area contributed by atoms with Crippen molar-refractivity contribution in [2.75, 3.05) is 18.6 Å². The fraction of sp³-hybridized carbons (Fsp3) is 0.333. The van der Waals surface area contributed by atoms with Crippen LogP contribution in [0.15, 0.2) is 23.1 Å². The highest BCUT2D eigenvalue weighted by molar-refractivity contribution is 7.98. The van der Waals surface area contributed by atoms with Gasteiger partial charge in [-0.3, -0.25) is 0 Å². The Morgan fingerprint density at radius 2 is 2.00 bits per heavy atom. The third kappa shape index (κ3) is 3.54. The van der Waals surface area contributed by atoms with Gasteiger partial charge in [0.25, 0.3) is 0 Å². The topological polar surface area (TPSA) is 21.3 Å². The zero-order chi connectivity index (χ0) is 11.5. The first-order valence-electron chi connectivity index (χ1n) is 4.08. The van der Waals surface area contributed by atoms with Gasteiger partial charge in [0.1, 0.15) is 5.75 Å². The minimum absolute atomic E-state index is 0.172. The van der Waals surface area contributed by atoms with Crippen LogP contribution in [0.5, 0.6) is 5.75 Å². The van der Waals surface area contributed by atoms with E-state index >= 15 is 0 Å². The second-order valence-electron chi connectivity index (χ2n) is 2.66. The predicted octanol–water partition coefficient (Wildman–Crippen LogP) is 3.35. The number of hydrogen-bond donors (Lipinski definition) is 1. The summed E-state index contributed by atoms with van der Waals surface area (Å²) < 4.78 is 39.9. The van der Waals surface area contributed by atoms with Crippen LogP contribution in [0.1, 0.15) is 0 Å². The average Bonchev–Trinajstić information content (AvgIpc) is 2.16. The number of halogens is 3. The Balaban J connectivity index is 2.97. The Hall–Kier alpha value is -1.04. The van der Waals surface area contributed by atoms with Crippen molar-refractivity contribution in [2.45, 2.75) is 11.3 Å². The summed E-state index contributed by atoms with van der Waals surface area (Å²) in [6.45, 7) is 0. The minimum atomic E-state index is -4.65. The highest BCUT2D eigenvalue weighted by Crippen LogP contribution is 2.33. The Labute approximate surface area is 89.8 Å². The molecule has 6 heteroatoms. The molecule has 0 heterocycles. The third-order valence-electron chi connectivity index (χ3n) is 1.68. The molecule has 0 radical (unpaired) electrons. The molecule has 84 valence electrons. The van der Waals surface area contributed by atoms with Gasteiger partial charge in [-0.25, -0.2) is 0 Å². The molecular formula is C9H10F3NOS. The minimum Gasteiger partial charge on any atom is -0.405 e. The molecule has 1 aromatic rings. The summed E-state index contributed by atoms with van der Waals surface area (Å²) in [7, 11) is 1.70. The summed E-state index contributed by atoms with van der Waals surface area (Å²) >= 11 is 1.20. The van der Waals surface area contributed by atoms with E-state index in [9.17, 15) is 13.2 Å². The SMILES string of the molecule is CNc1ccc(OC(F)(F)F)c(SC)c1. The number of rotatable bonds is 3. The van der Waals surface area contributed by atoms with Gasteiger partial charge in [0.15, 0.2) is 0 Å². The Morgan fingerprint density at radius 3 is 2.47 bits per heavy atom. The second kappa shape index (κ2) is 4.65. The van der Waals surface area contributed by atoms with Gasteiger partial charge >= 0.3 is 6.36 Å². The van der Waals surface area contributed by atoms with Crippen LogP contribution >= 0.6 is 11.8 Å². The lowest BCUT2D eigenvalue weighted by Crippen LogP contribution is -2.17. The molecule has 0 spiro atoms. The quantitative estimate of drug-likeness (QED) is 0.814. The van der Waals surface area contributed by atoms with Gasteiger partial charge in [0.2, 0.25) is 0 Å². The fourth-order valence-corrected chi connectivity index (χ4v) is 1.59. The Kier molecular flexibility index (Phi) is 3.73. The lowest BCUT2D eigenvalue weighted by atomic mass is 10.3. The first kappa shape index (κ1) is 12.0. The molecule has 0 aliphatic heterocycles. The molecule has 0 saturated heterocycles. The predicted molar refractivity (Wildman–Crippen MR) is 54.5 cm³/mol. The summed E-state index contributed by atoms with van der Waals surface area (Å²) in [6.07, 6.45) is -2.95. The molecule has 2 nitrogen and oxygen atoms in total. The first-order valence-corrected chi connectivity index (χ1v) is 5.30. The van der Waals surface area contributed by atoms with E-state index in [1.807, 2.05) is 0 Å². The van der Waals surface area contributed by atoms with Crippen molar-refractivity contribution in [2.24, 2.45) is 0 Å². The third-order valence-corrected chi connectivity index (χ3v) is 2.44. The van der Waals surface area contributed by atoms with Crippen LogP contribution in [0.2, 0.25) is 0 Å². The van der Waals surface area contributed by atoms with Crippen molar-refractivity contribution < 1.29 is 17.9 Å². The van der Waals surface area contributed by atoms with E-state index in [0.29, 0.717) is 4.90 Å². The smallest absolute Gasteiger partial charge is 0.405 e. The summed E-state index contributed by atoms with van der Waals surface area (Å²) in [5.41, 5.74) is 0.744. The summed E-state index contributed by atoms with van der Waals surface area (Å²) in [5, 5.41) is 2.84. The summed E-state index contributed by atoms with van der Waals surface area (Å²) in [4.78, 5) is 0.444. The molecule has 1 rings (SSSR count). The first-order chi connectivity index (χ1) is 6.96. The number of benzene rings is 1. The monoisotopic (exact) mass is 237 g/mol. The Morgan fingerprint density at radius 1 is 1.33 bits per heavy atom. The van der Waals surface area contributed by atoms with E-state index in [1.165, 1.54) is 23.9 Å². The van der Waals surface area contributed by atoms with Crippen molar-refractivity contribution in [1.29, 1.82) is 0 Å². The molecule has 0 aliphatic carbocycles. The van der Waals surface area contributed by atoms with Crippen LogP contribution in [0.4, 0.5) is 18.9 Å². The Bertz CT molecular complexity index is 341. The second-order valence-corrected chi connectivity index (χ2v) is 3.51. The van der Waals surface area contributed by atoms with Crippen LogP contribution in [0.3, 0.4) is 0 Å². The van der Waals surface area contributed by atoms with E-state index in [0.717, 1.165) is 5.69 Å². The maximum Gasteiger partial charge on any atom is 0.573 e. The molecule has 0 atom stereocenters.